The number of carbonyl (C=O) groups is 1. The summed E-state index contributed by atoms with van der Waals surface area (Å²) in [5, 5.41) is 4.89. The Hall–Kier alpha value is -3.67. The van der Waals surface area contributed by atoms with Gasteiger partial charge in [0.05, 0.1) is 11.4 Å². The van der Waals surface area contributed by atoms with E-state index in [1.807, 2.05) is 9.80 Å². The third-order valence-electron chi connectivity index (χ3n) is 4.74. The number of nitrogens with zero attached hydrogens (tertiary/aromatic N) is 6. The van der Waals surface area contributed by atoms with Gasteiger partial charge in [0.2, 0.25) is 5.95 Å². The highest BCUT2D eigenvalue weighted by molar-refractivity contribution is 5.88. The van der Waals surface area contributed by atoms with Crippen molar-refractivity contribution >= 4 is 29.6 Å². The zero-order valence-corrected chi connectivity index (χ0v) is 17.6. The van der Waals surface area contributed by atoms with E-state index in [1.165, 1.54) is 24.8 Å². The van der Waals surface area contributed by atoms with Gasteiger partial charge in [-0.3, -0.25) is 10.2 Å². The summed E-state index contributed by atoms with van der Waals surface area (Å²) in [6, 6.07) is 2.73. The van der Waals surface area contributed by atoms with E-state index in [9.17, 15) is 13.6 Å². The van der Waals surface area contributed by atoms with Crippen LogP contribution in [0.5, 0.6) is 0 Å². The second-order valence-corrected chi connectivity index (χ2v) is 6.87. The molecule has 174 valence electrons. The molecule has 0 aliphatic carbocycles. The summed E-state index contributed by atoms with van der Waals surface area (Å²) in [7, 11) is 0. The summed E-state index contributed by atoms with van der Waals surface area (Å²) in [5.74, 6) is -1.19. The second-order valence-electron chi connectivity index (χ2n) is 6.87. The molecule has 1 fully saturated rings. The van der Waals surface area contributed by atoms with Gasteiger partial charge in [0, 0.05) is 48.3 Å². The SMILES string of the molecule is CCNC(=O)Nc1ncnc(CN2CCN(c3ccc(N=C/C=C\N)nc3F)CC2)c1F.[HH].[HH]. The monoisotopic (exact) mass is 449 g/mol. The molecule has 1 aliphatic heterocycles. The normalized spacial score (nSPS) is 14.9. The molecular formula is C20H29F2N9O. The number of piperazine rings is 1. The molecule has 2 amide bonds. The van der Waals surface area contributed by atoms with Crippen LogP contribution in [0.15, 0.2) is 35.7 Å². The molecule has 2 aromatic rings. The topological polar surface area (TPSA) is 125 Å². The highest BCUT2D eigenvalue weighted by Gasteiger charge is 2.22. The number of aliphatic imine (C=N–C) groups is 1. The quantitative estimate of drug-likeness (QED) is 0.437. The number of nitrogens with one attached hydrogen (secondary N) is 2. The van der Waals surface area contributed by atoms with E-state index >= 15 is 0 Å². The number of hydrogen-bond donors (Lipinski definition) is 3. The number of amides is 2. The third-order valence-corrected chi connectivity index (χ3v) is 4.74. The first kappa shape index (κ1) is 23.0. The fourth-order valence-corrected chi connectivity index (χ4v) is 3.17. The lowest BCUT2D eigenvalue weighted by Crippen LogP contribution is -2.46. The number of halogens is 2. The summed E-state index contributed by atoms with van der Waals surface area (Å²) in [5.41, 5.74) is 5.80. The van der Waals surface area contributed by atoms with Gasteiger partial charge in [-0.1, -0.05) is 0 Å². The smallest absolute Gasteiger partial charge is 0.320 e. The van der Waals surface area contributed by atoms with E-state index in [-0.39, 0.29) is 26.7 Å². The van der Waals surface area contributed by atoms with Crippen molar-refractivity contribution < 1.29 is 16.4 Å². The van der Waals surface area contributed by atoms with Gasteiger partial charge in [-0.25, -0.2) is 24.1 Å². The number of urea groups is 1. The molecule has 0 aromatic carbocycles. The molecule has 0 radical (unpaired) electrons. The molecule has 0 saturated carbocycles. The first-order valence-electron chi connectivity index (χ1n) is 10.1. The number of carbonyl (C=O) groups excluding carboxylic acids is 1. The largest absolute Gasteiger partial charge is 0.405 e. The first-order chi connectivity index (χ1) is 15.5. The highest BCUT2D eigenvalue weighted by Crippen LogP contribution is 2.23. The van der Waals surface area contributed by atoms with Crippen molar-refractivity contribution in [1.29, 1.82) is 0 Å². The minimum absolute atomic E-state index is 0. The molecule has 2 aromatic heterocycles. The molecule has 0 spiro atoms. The van der Waals surface area contributed by atoms with Crippen molar-refractivity contribution in [2.24, 2.45) is 10.7 Å². The number of nitrogens with two attached hydrogens (primary N) is 1. The van der Waals surface area contributed by atoms with Gasteiger partial charge in [0.25, 0.3) is 0 Å². The van der Waals surface area contributed by atoms with Gasteiger partial charge in [0.15, 0.2) is 17.5 Å². The van der Waals surface area contributed by atoms with E-state index in [2.05, 4.69) is 30.6 Å². The average molecular weight is 450 g/mol. The van der Waals surface area contributed by atoms with Crippen LogP contribution in [-0.4, -0.2) is 64.8 Å². The number of aromatic nitrogens is 3. The Labute approximate surface area is 187 Å². The Kier molecular flexibility index (Phi) is 7.97. The van der Waals surface area contributed by atoms with Gasteiger partial charge in [0.1, 0.15) is 6.33 Å². The molecule has 0 atom stereocenters. The molecule has 0 bridgehead atoms. The first-order valence-corrected chi connectivity index (χ1v) is 10.1. The summed E-state index contributed by atoms with van der Waals surface area (Å²) >= 11 is 0. The zero-order chi connectivity index (χ0) is 22.9. The van der Waals surface area contributed by atoms with Crippen LogP contribution in [0.1, 0.15) is 15.5 Å². The molecular weight excluding hydrogens is 420 g/mol. The van der Waals surface area contributed by atoms with E-state index in [1.54, 1.807) is 19.1 Å². The number of allylic oxidation sites excluding steroid dienone is 1. The van der Waals surface area contributed by atoms with Gasteiger partial charge in [-0.2, -0.15) is 9.37 Å². The van der Waals surface area contributed by atoms with E-state index in [4.69, 9.17) is 5.73 Å². The standard InChI is InChI=1S/C20H25F2N9O.2H2/c1-2-24-20(32)29-19-17(21)14(26-13-27-19)12-30-8-10-31(11-9-30)15-4-5-16(28-18(15)22)25-7-3-6-23;;/h3-7,13H,2,8-12,23H2,1H3,(H2,24,26,27,29,32);2*1H/b6-3-,25-7?;;. The average Bonchev–Trinajstić information content (AvgIpc) is 2.78. The van der Waals surface area contributed by atoms with Crippen LogP contribution in [0, 0.1) is 11.8 Å². The van der Waals surface area contributed by atoms with Crippen LogP contribution >= 0.6 is 0 Å². The second kappa shape index (κ2) is 11.1. The lowest BCUT2D eigenvalue weighted by atomic mass is 10.2. The predicted octanol–water partition coefficient (Wildman–Crippen LogP) is 2.28. The Balaban J connectivity index is 0.00000289. The number of hydrogen-bond acceptors (Lipinski definition) is 8. The van der Waals surface area contributed by atoms with Crippen molar-refractivity contribution in [3.63, 3.8) is 0 Å². The maximum Gasteiger partial charge on any atom is 0.320 e. The molecule has 10 nitrogen and oxygen atoms in total. The summed E-state index contributed by atoms with van der Waals surface area (Å²) in [6.45, 7) is 4.63. The van der Waals surface area contributed by atoms with Crippen LogP contribution in [0.4, 0.5) is 30.9 Å². The molecule has 1 saturated heterocycles. The maximum absolute atomic E-state index is 14.7. The lowest BCUT2D eigenvalue weighted by molar-refractivity contribution is 0.242. The van der Waals surface area contributed by atoms with Gasteiger partial charge in [-0.05, 0) is 31.3 Å². The van der Waals surface area contributed by atoms with Gasteiger partial charge in [-0.15, -0.1) is 0 Å². The van der Waals surface area contributed by atoms with Gasteiger partial charge >= 0.3 is 6.03 Å². The predicted molar refractivity (Wildman–Crippen MR) is 122 cm³/mol. The minimum atomic E-state index is -0.669. The van der Waals surface area contributed by atoms with Crippen LogP contribution in [0.3, 0.4) is 0 Å². The third kappa shape index (κ3) is 5.94. The number of pyridine rings is 1. The summed E-state index contributed by atoms with van der Waals surface area (Å²) < 4.78 is 29.1. The number of anilines is 2. The molecule has 4 N–H and O–H groups in total. The maximum atomic E-state index is 14.7. The highest BCUT2D eigenvalue weighted by atomic mass is 19.1. The van der Waals surface area contributed by atoms with Crippen molar-refractivity contribution in [2.75, 3.05) is 42.9 Å². The molecule has 3 heterocycles. The van der Waals surface area contributed by atoms with E-state index in [0.717, 1.165) is 0 Å². The minimum Gasteiger partial charge on any atom is -0.405 e. The molecule has 32 heavy (non-hydrogen) atoms. The van der Waals surface area contributed by atoms with Crippen LogP contribution < -0.4 is 21.3 Å². The van der Waals surface area contributed by atoms with Crippen molar-refractivity contribution in [3.8, 4) is 0 Å². The summed E-state index contributed by atoms with van der Waals surface area (Å²) in [4.78, 5) is 31.2. The summed E-state index contributed by atoms with van der Waals surface area (Å²) in [6.07, 6.45) is 5.49. The van der Waals surface area contributed by atoms with Gasteiger partial charge < -0.3 is 16.0 Å². The van der Waals surface area contributed by atoms with Crippen LogP contribution in [0.2, 0.25) is 0 Å². The number of rotatable bonds is 7. The van der Waals surface area contributed by atoms with Crippen molar-refractivity contribution in [3.05, 3.63) is 48.2 Å². The molecule has 3 rings (SSSR count). The fourth-order valence-electron chi connectivity index (χ4n) is 3.17. The Morgan fingerprint density at radius 2 is 2.06 bits per heavy atom. The van der Waals surface area contributed by atoms with Crippen molar-refractivity contribution in [2.45, 2.75) is 13.5 Å². The Morgan fingerprint density at radius 3 is 2.75 bits per heavy atom. The molecule has 12 heteroatoms. The van der Waals surface area contributed by atoms with E-state index in [0.29, 0.717) is 38.4 Å². The molecule has 1 aliphatic rings. The fraction of sp³-hybridized carbons (Fsp3) is 0.350. The van der Waals surface area contributed by atoms with Crippen LogP contribution in [-0.2, 0) is 6.54 Å². The Bertz CT molecular complexity index is 1000. The van der Waals surface area contributed by atoms with Crippen LogP contribution in [0.25, 0.3) is 0 Å². The lowest BCUT2D eigenvalue weighted by Gasteiger charge is -2.35. The van der Waals surface area contributed by atoms with E-state index < -0.39 is 17.8 Å². The van der Waals surface area contributed by atoms with Crippen molar-refractivity contribution in [1.82, 2.24) is 25.2 Å². The Morgan fingerprint density at radius 1 is 1.28 bits per heavy atom. The zero-order valence-electron chi connectivity index (χ0n) is 17.6. The molecule has 0 unspecified atom stereocenters.